The number of carbonyl (C=O) groups is 2. The monoisotopic (exact) mass is 249 g/mol. The van der Waals surface area contributed by atoms with Gasteiger partial charge in [0.05, 0.1) is 6.42 Å². The molecule has 0 radical (unpaired) electrons. The number of amides is 1. The fraction of sp³-hybridized carbons (Fsp3) is 0.429. The Morgan fingerprint density at radius 3 is 2.39 bits per heavy atom. The van der Waals surface area contributed by atoms with Crippen LogP contribution in [0.3, 0.4) is 0 Å². The number of hydrogen-bond acceptors (Lipinski definition) is 2. The Labute approximate surface area is 107 Å². The van der Waals surface area contributed by atoms with Gasteiger partial charge in [0, 0.05) is 19.2 Å². The smallest absolute Gasteiger partial charge is 0.305 e. The number of carbonyl (C=O) groups excluding carboxylic acids is 1. The number of benzene rings is 1. The maximum atomic E-state index is 11.7. The lowest BCUT2D eigenvalue weighted by atomic mass is 10.0. The molecule has 1 rings (SSSR count). The largest absolute Gasteiger partial charge is 0.481 e. The molecule has 0 spiro atoms. The number of carboxylic acids is 1. The Kier molecular flexibility index (Phi) is 4.89. The quantitative estimate of drug-likeness (QED) is 0.872. The van der Waals surface area contributed by atoms with E-state index in [4.69, 9.17) is 5.11 Å². The lowest BCUT2D eigenvalue weighted by Gasteiger charge is -2.24. The summed E-state index contributed by atoms with van der Waals surface area (Å²) >= 11 is 0. The third-order valence-electron chi connectivity index (χ3n) is 2.78. The van der Waals surface area contributed by atoms with Gasteiger partial charge in [-0.3, -0.25) is 9.59 Å². The van der Waals surface area contributed by atoms with Crippen molar-refractivity contribution in [3.8, 4) is 0 Å². The highest BCUT2D eigenvalue weighted by molar-refractivity contribution is 5.93. The van der Waals surface area contributed by atoms with Crippen molar-refractivity contribution in [3.63, 3.8) is 0 Å². The summed E-state index contributed by atoms with van der Waals surface area (Å²) in [5, 5.41) is 8.73. The van der Waals surface area contributed by atoms with Gasteiger partial charge in [-0.25, -0.2) is 0 Å². The third-order valence-corrected chi connectivity index (χ3v) is 2.78. The molecule has 0 saturated heterocycles. The van der Waals surface area contributed by atoms with Gasteiger partial charge in [0.15, 0.2) is 0 Å². The molecule has 4 nitrogen and oxygen atoms in total. The van der Waals surface area contributed by atoms with Crippen LogP contribution in [0, 0.1) is 0 Å². The molecule has 0 aliphatic heterocycles. The first kappa shape index (κ1) is 14.2. The van der Waals surface area contributed by atoms with Gasteiger partial charge in [0.2, 0.25) is 5.91 Å². The second-order valence-corrected chi connectivity index (χ2v) is 4.53. The molecule has 0 aliphatic rings. The van der Waals surface area contributed by atoms with Crippen molar-refractivity contribution >= 4 is 17.6 Å². The fourth-order valence-electron chi connectivity index (χ4n) is 1.88. The van der Waals surface area contributed by atoms with Crippen LogP contribution in [0.4, 0.5) is 5.69 Å². The van der Waals surface area contributed by atoms with Crippen molar-refractivity contribution in [3.05, 3.63) is 29.8 Å². The van der Waals surface area contributed by atoms with Crippen LogP contribution in [0.15, 0.2) is 24.3 Å². The number of nitrogens with zero attached hydrogens (tertiary/aromatic N) is 1. The van der Waals surface area contributed by atoms with E-state index in [0.717, 1.165) is 11.3 Å². The Bertz CT molecular complexity index is 440. The van der Waals surface area contributed by atoms with E-state index in [0.29, 0.717) is 0 Å². The predicted octanol–water partition coefficient (Wildman–Crippen LogP) is 2.64. The molecule has 0 aromatic heterocycles. The Morgan fingerprint density at radius 2 is 1.89 bits per heavy atom. The predicted molar refractivity (Wildman–Crippen MR) is 70.8 cm³/mol. The molecule has 1 aromatic rings. The number of aliphatic carboxylic acids is 1. The van der Waals surface area contributed by atoms with Crippen LogP contribution in [0.25, 0.3) is 0 Å². The fourth-order valence-corrected chi connectivity index (χ4v) is 1.88. The molecule has 0 saturated carbocycles. The van der Waals surface area contributed by atoms with E-state index < -0.39 is 5.97 Å². The highest BCUT2D eigenvalue weighted by Crippen LogP contribution is 2.27. The van der Waals surface area contributed by atoms with Crippen molar-refractivity contribution in [2.45, 2.75) is 33.1 Å². The van der Waals surface area contributed by atoms with Crippen LogP contribution in [-0.4, -0.2) is 23.5 Å². The summed E-state index contributed by atoms with van der Waals surface area (Å²) in [5.74, 6) is -0.750. The zero-order valence-corrected chi connectivity index (χ0v) is 11.0. The van der Waals surface area contributed by atoms with Crippen molar-refractivity contribution in [1.29, 1.82) is 0 Å². The number of hydrogen-bond donors (Lipinski definition) is 1. The zero-order valence-electron chi connectivity index (χ0n) is 11.0. The van der Waals surface area contributed by atoms with Crippen LogP contribution in [0.5, 0.6) is 0 Å². The van der Waals surface area contributed by atoms with Crippen molar-refractivity contribution < 1.29 is 14.7 Å². The van der Waals surface area contributed by atoms with Gasteiger partial charge in [-0.05, 0) is 17.5 Å². The van der Waals surface area contributed by atoms with Crippen LogP contribution < -0.4 is 4.90 Å². The highest BCUT2D eigenvalue weighted by Gasteiger charge is 2.17. The third kappa shape index (κ3) is 3.58. The maximum Gasteiger partial charge on any atom is 0.305 e. The summed E-state index contributed by atoms with van der Waals surface area (Å²) in [7, 11) is 0. The number of carboxylic acid groups (broad SMARTS) is 1. The van der Waals surface area contributed by atoms with E-state index in [1.165, 1.54) is 11.8 Å². The van der Waals surface area contributed by atoms with Gasteiger partial charge >= 0.3 is 5.97 Å². The highest BCUT2D eigenvalue weighted by atomic mass is 16.4. The molecule has 0 fully saturated rings. The molecule has 0 heterocycles. The van der Waals surface area contributed by atoms with E-state index in [1.807, 2.05) is 38.1 Å². The Balaban J connectivity index is 3.05. The van der Waals surface area contributed by atoms with Crippen molar-refractivity contribution in [2.75, 3.05) is 11.4 Å². The topological polar surface area (TPSA) is 57.6 Å². The van der Waals surface area contributed by atoms with E-state index in [9.17, 15) is 9.59 Å². The van der Waals surface area contributed by atoms with Crippen LogP contribution in [0.1, 0.15) is 38.7 Å². The van der Waals surface area contributed by atoms with Gasteiger partial charge in [0.25, 0.3) is 0 Å². The zero-order chi connectivity index (χ0) is 13.7. The summed E-state index contributed by atoms with van der Waals surface area (Å²) in [4.78, 5) is 23.8. The van der Waals surface area contributed by atoms with Crippen molar-refractivity contribution in [1.82, 2.24) is 0 Å². The molecule has 1 amide bonds. The molecular formula is C14H19NO3. The second-order valence-electron chi connectivity index (χ2n) is 4.53. The first-order valence-corrected chi connectivity index (χ1v) is 6.02. The van der Waals surface area contributed by atoms with Gasteiger partial charge in [-0.2, -0.15) is 0 Å². The van der Waals surface area contributed by atoms with E-state index in [2.05, 4.69) is 0 Å². The Hall–Kier alpha value is -1.84. The maximum absolute atomic E-state index is 11.7. The summed E-state index contributed by atoms with van der Waals surface area (Å²) in [6.07, 6.45) is -0.0496. The van der Waals surface area contributed by atoms with Crippen LogP contribution in [0.2, 0.25) is 0 Å². The van der Waals surface area contributed by atoms with Crippen molar-refractivity contribution in [2.24, 2.45) is 0 Å². The Morgan fingerprint density at radius 1 is 1.28 bits per heavy atom. The standard InChI is InChI=1S/C14H19NO3/c1-10(2)12-6-4-5-7-13(12)15(11(3)16)9-8-14(17)18/h4-7,10H,8-9H2,1-3H3,(H,17,18). The number of rotatable bonds is 5. The average Bonchev–Trinajstić information content (AvgIpc) is 2.28. The molecule has 18 heavy (non-hydrogen) atoms. The second kappa shape index (κ2) is 6.19. The average molecular weight is 249 g/mol. The van der Waals surface area contributed by atoms with Crippen LogP contribution >= 0.6 is 0 Å². The molecule has 0 atom stereocenters. The van der Waals surface area contributed by atoms with Crippen LogP contribution in [-0.2, 0) is 9.59 Å². The lowest BCUT2D eigenvalue weighted by molar-refractivity contribution is -0.136. The molecule has 0 aliphatic carbocycles. The van der Waals surface area contributed by atoms with E-state index in [1.54, 1.807) is 0 Å². The summed E-state index contributed by atoms with van der Waals surface area (Å²) in [6.45, 7) is 5.76. The minimum absolute atomic E-state index is 0.0496. The van der Waals surface area contributed by atoms with Gasteiger partial charge in [-0.1, -0.05) is 32.0 Å². The molecule has 4 heteroatoms. The summed E-state index contributed by atoms with van der Waals surface area (Å²) in [6, 6.07) is 7.61. The summed E-state index contributed by atoms with van der Waals surface area (Å²) in [5.41, 5.74) is 1.86. The minimum Gasteiger partial charge on any atom is -0.481 e. The number of anilines is 1. The van der Waals surface area contributed by atoms with Gasteiger partial charge in [-0.15, -0.1) is 0 Å². The lowest BCUT2D eigenvalue weighted by Crippen LogP contribution is -2.31. The molecular weight excluding hydrogens is 230 g/mol. The van der Waals surface area contributed by atoms with E-state index >= 15 is 0 Å². The first-order valence-electron chi connectivity index (χ1n) is 6.02. The molecule has 98 valence electrons. The van der Waals surface area contributed by atoms with E-state index in [-0.39, 0.29) is 24.8 Å². The van der Waals surface area contributed by atoms with Gasteiger partial charge in [0.1, 0.15) is 0 Å². The normalized spacial score (nSPS) is 10.4. The molecule has 1 aromatic carbocycles. The summed E-state index contributed by atoms with van der Waals surface area (Å²) < 4.78 is 0. The first-order chi connectivity index (χ1) is 8.43. The molecule has 1 N–H and O–H groups in total. The molecule has 0 unspecified atom stereocenters. The number of para-hydroxylation sites is 1. The van der Waals surface area contributed by atoms with Gasteiger partial charge < -0.3 is 10.0 Å². The minimum atomic E-state index is -0.900. The molecule has 0 bridgehead atoms. The SMILES string of the molecule is CC(=O)N(CCC(=O)O)c1ccccc1C(C)C.